The molecule has 0 aliphatic carbocycles. The Labute approximate surface area is 156 Å². The van der Waals surface area contributed by atoms with Crippen LogP contribution in [0.25, 0.3) is 11.0 Å². The Morgan fingerprint density at radius 2 is 1.77 bits per heavy atom. The molecule has 8 heteroatoms. The lowest BCUT2D eigenvalue weighted by Crippen LogP contribution is -2.47. The van der Waals surface area contributed by atoms with Crippen LogP contribution in [0.3, 0.4) is 0 Å². The van der Waals surface area contributed by atoms with Crippen LogP contribution in [0.2, 0.25) is 5.02 Å². The number of morpholine rings is 1. The van der Waals surface area contributed by atoms with Gasteiger partial charge in [0.1, 0.15) is 5.82 Å². The van der Waals surface area contributed by atoms with Gasteiger partial charge in [0.2, 0.25) is 0 Å². The van der Waals surface area contributed by atoms with Gasteiger partial charge in [-0.1, -0.05) is 11.6 Å². The largest absolute Gasteiger partial charge is 0.378 e. The fourth-order valence-corrected chi connectivity index (χ4v) is 3.73. The first-order chi connectivity index (χ1) is 12.8. The lowest BCUT2D eigenvalue weighted by atomic mass is 9.99. The fraction of sp³-hybridized carbons (Fsp3) is 0.389. The number of fused-ring (bicyclic) bond motifs is 1. The number of anilines is 2. The van der Waals surface area contributed by atoms with Crippen molar-refractivity contribution in [1.82, 2.24) is 19.9 Å². The number of hydrogen-bond acceptors (Lipinski definition) is 6. The van der Waals surface area contributed by atoms with Gasteiger partial charge in [0.15, 0.2) is 11.6 Å². The number of imidazole rings is 1. The van der Waals surface area contributed by atoms with Crippen molar-refractivity contribution in [1.29, 1.82) is 0 Å². The minimum atomic E-state index is 0.362. The molecule has 0 atom stereocenters. The van der Waals surface area contributed by atoms with E-state index in [1.807, 2.05) is 18.2 Å². The predicted octanol–water partition coefficient (Wildman–Crippen LogP) is 2.45. The summed E-state index contributed by atoms with van der Waals surface area (Å²) in [6, 6.07) is 5.75. The van der Waals surface area contributed by atoms with Gasteiger partial charge in [-0.25, -0.2) is 15.0 Å². The smallest absolute Gasteiger partial charge is 0.172 e. The van der Waals surface area contributed by atoms with Crippen LogP contribution in [0.4, 0.5) is 11.6 Å². The summed E-state index contributed by atoms with van der Waals surface area (Å²) in [5.74, 6) is 3.27. The van der Waals surface area contributed by atoms with Crippen LogP contribution in [0.5, 0.6) is 0 Å². The van der Waals surface area contributed by atoms with E-state index in [2.05, 4.69) is 24.8 Å². The van der Waals surface area contributed by atoms with E-state index in [-0.39, 0.29) is 0 Å². The Morgan fingerprint density at radius 3 is 2.54 bits per heavy atom. The molecule has 2 saturated heterocycles. The second kappa shape index (κ2) is 6.41. The molecular formula is C18H19ClN6O. The van der Waals surface area contributed by atoms with Gasteiger partial charge in [-0.2, -0.15) is 0 Å². The molecule has 0 saturated carbocycles. The summed E-state index contributed by atoms with van der Waals surface area (Å²) in [7, 11) is 0. The standard InChI is InChI=1S/C18H19ClN6O/c19-13-1-2-14-15(9-13)23-16(22-14)12-10-25(11-12)18-17(20-3-4-21-18)24-5-7-26-8-6-24/h1-4,9,12H,5-8,10-11H2,(H,22,23). The van der Waals surface area contributed by atoms with Crippen LogP contribution in [-0.4, -0.2) is 59.3 Å². The number of rotatable bonds is 3. The highest BCUT2D eigenvalue weighted by Gasteiger charge is 2.34. The van der Waals surface area contributed by atoms with Gasteiger partial charge >= 0.3 is 0 Å². The topological polar surface area (TPSA) is 70.2 Å². The molecule has 26 heavy (non-hydrogen) atoms. The van der Waals surface area contributed by atoms with Crippen molar-refractivity contribution < 1.29 is 4.74 Å². The summed E-state index contributed by atoms with van der Waals surface area (Å²) in [5, 5.41) is 0.709. The van der Waals surface area contributed by atoms with Crippen molar-refractivity contribution in [2.75, 3.05) is 49.2 Å². The third-order valence-electron chi connectivity index (χ3n) is 5.00. The Balaban J connectivity index is 1.35. The van der Waals surface area contributed by atoms with E-state index >= 15 is 0 Å². The van der Waals surface area contributed by atoms with Gasteiger partial charge in [-0.05, 0) is 18.2 Å². The van der Waals surface area contributed by atoms with Crippen LogP contribution in [0.15, 0.2) is 30.6 Å². The third-order valence-corrected chi connectivity index (χ3v) is 5.24. The third kappa shape index (κ3) is 2.77. The number of ether oxygens (including phenoxy) is 1. The SMILES string of the molecule is Clc1ccc2[nH]c(C3CN(c4nccnc4N4CCOCC4)C3)nc2c1. The van der Waals surface area contributed by atoms with Gasteiger partial charge in [0.25, 0.3) is 0 Å². The van der Waals surface area contributed by atoms with Crippen LogP contribution < -0.4 is 9.80 Å². The molecule has 0 unspecified atom stereocenters. The maximum absolute atomic E-state index is 6.06. The summed E-state index contributed by atoms with van der Waals surface area (Å²) in [6.07, 6.45) is 3.52. The van der Waals surface area contributed by atoms with Crippen molar-refractivity contribution in [3.05, 3.63) is 41.4 Å². The van der Waals surface area contributed by atoms with Crippen LogP contribution in [0, 0.1) is 0 Å². The Bertz CT molecular complexity index is 932. The minimum Gasteiger partial charge on any atom is -0.378 e. The number of nitrogens with zero attached hydrogens (tertiary/aromatic N) is 5. The molecule has 3 aromatic rings. The molecule has 2 fully saturated rings. The maximum Gasteiger partial charge on any atom is 0.172 e. The first kappa shape index (κ1) is 15.8. The molecule has 1 aromatic carbocycles. The average Bonchev–Trinajstić information content (AvgIpc) is 3.04. The highest BCUT2D eigenvalue weighted by atomic mass is 35.5. The van der Waals surface area contributed by atoms with Crippen molar-refractivity contribution in [3.63, 3.8) is 0 Å². The Kier molecular flexibility index (Phi) is 3.90. The number of H-pyrrole nitrogens is 1. The normalized spacial score (nSPS) is 18.3. The molecule has 0 amide bonds. The molecule has 2 aliphatic rings. The van der Waals surface area contributed by atoms with Gasteiger partial charge in [-0.3, -0.25) is 0 Å². The van der Waals surface area contributed by atoms with E-state index in [1.54, 1.807) is 12.4 Å². The predicted molar refractivity (Wildman–Crippen MR) is 101 cm³/mol. The van der Waals surface area contributed by atoms with E-state index in [4.69, 9.17) is 21.3 Å². The minimum absolute atomic E-state index is 0.362. The van der Waals surface area contributed by atoms with E-state index in [1.165, 1.54) is 0 Å². The van der Waals surface area contributed by atoms with Crippen LogP contribution in [0.1, 0.15) is 11.7 Å². The molecule has 4 heterocycles. The van der Waals surface area contributed by atoms with E-state index < -0.39 is 0 Å². The van der Waals surface area contributed by atoms with Gasteiger partial charge < -0.3 is 19.5 Å². The van der Waals surface area contributed by atoms with Crippen LogP contribution >= 0.6 is 11.6 Å². The number of nitrogens with one attached hydrogen (secondary N) is 1. The molecule has 5 rings (SSSR count). The Morgan fingerprint density at radius 1 is 1.04 bits per heavy atom. The van der Waals surface area contributed by atoms with E-state index in [0.717, 1.165) is 67.9 Å². The molecular weight excluding hydrogens is 352 g/mol. The first-order valence-corrected chi connectivity index (χ1v) is 9.19. The molecule has 1 N–H and O–H groups in total. The lowest BCUT2D eigenvalue weighted by molar-refractivity contribution is 0.122. The number of aromatic amines is 1. The molecule has 7 nitrogen and oxygen atoms in total. The monoisotopic (exact) mass is 370 g/mol. The van der Waals surface area contributed by atoms with Crippen LogP contribution in [-0.2, 0) is 4.74 Å². The van der Waals surface area contributed by atoms with Crippen molar-refractivity contribution in [2.45, 2.75) is 5.92 Å². The maximum atomic E-state index is 6.06. The molecule has 0 radical (unpaired) electrons. The van der Waals surface area contributed by atoms with Gasteiger partial charge in [0, 0.05) is 43.6 Å². The van der Waals surface area contributed by atoms with Crippen molar-refractivity contribution >= 4 is 34.3 Å². The van der Waals surface area contributed by atoms with Gasteiger partial charge in [0.05, 0.1) is 30.2 Å². The highest BCUT2D eigenvalue weighted by molar-refractivity contribution is 6.31. The van der Waals surface area contributed by atoms with Crippen molar-refractivity contribution in [3.8, 4) is 0 Å². The highest BCUT2D eigenvalue weighted by Crippen LogP contribution is 2.34. The number of halogens is 1. The quantitative estimate of drug-likeness (QED) is 0.763. The van der Waals surface area contributed by atoms with E-state index in [9.17, 15) is 0 Å². The fourth-order valence-electron chi connectivity index (χ4n) is 3.56. The van der Waals surface area contributed by atoms with E-state index in [0.29, 0.717) is 10.9 Å². The first-order valence-electron chi connectivity index (χ1n) is 8.82. The second-order valence-electron chi connectivity index (χ2n) is 6.69. The number of aromatic nitrogens is 4. The molecule has 134 valence electrons. The Hall–Kier alpha value is -2.38. The number of hydrogen-bond donors (Lipinski definition) is 1. The second-order valence-corrected chi connectivity index (χ2v) is 7.12. The van der Waals surface area contributed by atoms with Gasteiger partial charge in [-0.15, -0.1) is 0 Å². The zero-order valence-corrected chi connectivity index (χ0v) is 15.0. The zero-order valence-electron chi connectivity index (χ0n) is 14.2. The lowest BCUT2D eigenvalue weighted by Gasteiger charge is -2.41. The molecule has 2 aliphatic heterocycles. The molecule has 0 spiro atoms. The van der Waals surface area contributed by atoms with Crippen molar-refractivity contribution in [2.24, 2.45) is 0 Å². The summed E-state index contributed by atoms with van der Waals surface area (Å²) in [4.78, 5) is 21.8. The molecule has 2 aromatic heterocycles. The summed E-state index contributed by atoms with van der Waals surface area (Å²) in [6.45, 7) is 4.94. The zero-order chi connectivity index (χ0) is 17.5. The summed E-state index contributed by atoms with van der Waals surface area (Å²) < 4.78 is 5.45. The molecule has 0 bridgehead atoms. The number of benzene rings is 1. The summed E-state index contributed by atoms with van der Waals surface area (Å²) in [5.41, 5.74) is 1.94. The average molecular weight is 371 g/mol. The summed E-state index contributed by atoms with van der Waals surface area (Å²) >= 11 is 6.06.